The van der Waals surface area contributed by atoms with Crippen LogP contribution in [0.3, 0.4) is 0 Å². The van der Waals surface area contributed by atoms with Crippen molar-refractivity contribution in [2.45, 2.75) is 50.3 Å². The fourth-order valence-corrected chi connectivity index (χ4v) is 3.27. The van der Waals surface area contributed by atoms with Gasteiger partial charge in [-0.3, -0.25) is 9.59 Å². The molecule has 0 heterocycles. The van der Waals surface area contributed by atoms with Crippen LogP contribution in [0.2, 0.25) is 0 Å². The number of alkyl halides is 3. The van der Waals surface area contributed by atoms with Gasteiger partial charge in [0, 0.05) is 18.4 Å². The summed E-state index contributed by atoms with van der Waals surface area (Å²) in [6.07, 6.45) is -4.93. The molecule has 0 bridgehead atoms. The van der Waals surface area contributed by atoms with E-state index in [1.54, 1.807) is 29.6 Å². The van der Waals surface area contributed by atoms with Gasteiger partial charge < -0.3 is 10.1 Å². The maximum absolute atomic E-state index is 12.6. The number of carbonyl (C=O) groups is 2. The molecule has 0 aromatic heterocycles. The third kappa shape index (κ3) is 7.94. The Morgan fingerprint density at radius 1 is 1.22 bits per heavy atom. The van der Waals surface area contributed by atoms with Crippen molar-refractivity contribution in [2.24, 2.45) is 0 Å². The molecule has 150 valence electrons. The SMILES string of the molecule is C=C(C(CCCCNC(=O)C(F)(F)F)OC(C)=O)S(=O)c1ccc(C)cc1. The Balaban J connectivity index is 2.60. The van der Waals surface area contributed by atoms with Gasteiger partial charge in [-0.2, -0.15) is 13.2 Å². The maximum Gasteiger partial charge on any atom is 0.471 e. The molecular weight excluding hydrogens is 383 g/mol. The van der Waals surface area contributed by atoms with Crippen LogP contribution in [0, 0.1) is 6.92 Å². The number of halogens is 3. The van der Waals surface area contributed by atoms with E-state index >= 15 is 0 Å². The summed E-state index contributed by atoms with van der Waals surface area (Å²) < 4.78 is 54.1. The summed E-state index contributed by atoms with van der Waals surface area (Å²) in [7, 11) is -1.60. The summed E-state index contributed by atoms with van der Waals surface area (Å²) in [6.45, 7) is 6.70. The predicted octanol–water partition coefficient (Wildman–Crippen LogP) is 3.40. The van der Waals surface area contributed by atoms with Crippen LogP contribution in [-0.4, -0.2) is 34.9 Å². The number of amides is 1. The quantitative estimate of drug-likeness (QED) is 0.505. The molecule has 0 radical (unpaired) electrons. The Bertz CT molecular complexity index is 702. The third-order valence-corrected chi connectivity index (χ3v) is 5.02. The normalized spacial score (nSPS) is 13.5. The van der Waals surface area contributed by atoms with Crippen LogP contribution in [0.4, 0.5) is 13.2 Å². The number of unbranched alkanes of at least 4 members (excludes halogenated alkanes) is 1. The van der Waals surface area contributed by atoms with Crippen molar-refractivity contribution in [2.75, 3.05) is 6.54 Å². The molecule has 2 atom stereocenters. The minimum Gasteiger partial charge on any atom is -0.457 e. The van der Waals surface area contributed by atoms with E-state index in [9.17, 15) is 27.0 Å². The predicted molar refractivity (Wildman–Crippen MR) is 95.2 cm³/mol. The van der Waals surface area contributed by atoms with Crippen LogP contribution in [0.5, 0.6) is 0 Å². The molecule has 1 rings (SSSR count). The highest BCUT2D eigenvalue weighted by Crippen LogP contribution is 2.22. The molecule has 0 saturated heterocycles. The van der Waals surface area contributed by atoms with Gasteiger partial charge >= 0.3 is 18.1 Å². The van der Waals surface area contributed by atoms with Crippen LogP contribution in [0.15, 0.2) is 40.6 Å². The molecule has 5 nitrogen and oxygen atoms in total. The Labute approximate surface area is 158 Å². The second kappa shape index (κ2) is 10.2. The number of hydrogen-bond acceptors (Lipinski definition) is 4. The number of nitrogens with one attached hydrogen (secondary N) is 1. The molecule has 0 aliphatic rings. The van der Waals surface area contributed by atoms with Crippen LogP contribution in [0.25, 0.3) is 0 Å². The Kier molecular flexibility index (Phi) is 8.68. The van der Waals surface area contributed by atoms with Crippen molar-refractivity contribution in [3.05, 3.63) is 41.3 Å². The molecule has 1 amide bonds. The highest BCUT2D eigenvalue weighted by Gasteiger charge is 2.38. The molecule has 2 unspecified atom stereocenters. The maximum atomic E-state index is 12.6. The first-order valence-electron chi connectivity index (χ1n) is 8.22. The van der Waals surface area contributed by atoms with E-state index in [-0.39, 0.29) is 24.3 Å². The van der Waals surface area contributed by atoms with E-state index in [4.69, 9.17) is 4.74 Å². The zero-order chi connectivity index (χ0) is 20.6. The lowest BCUT2D eigenvalue weighted by Crippen LogP contribution is -2.37. The summed E-state index contributed by atoms with van der Waals surface area (Å²) in [5.41, 5.74) is 0.999. The fourth-order valence-electron chi connectivity index (χ4n) is 2.18. The van der Waals surface area contributed by atoms with Gasteiger partial charge in [0.1, 0.15) is 6.10 Å². The first kappa shape index (κ1) is 22.9. The lowest BCUT2D eigenvalue weighted by atomic mass is 10.1. The summed E-state index contributed by atoms with van der Waals surface area (Å²) >= 11 is 0. The van der Waals surface area contributed by atoms with Gasteiger partial charge in [0.05, 0.1) is 15.7 Å². The summed E-state index contributed by atoms with van der Waals surface area (Å²) in [4.78, 5) is 22.7. The second-order valence-corrected chi connectivity index (χ2v) is 7.43. The molecule has 27 heavy (non-hydrogen) atoms. The number of hydrogen-bond donors (Lipinski definition) is 1. The number of aryl methyl sites for hydroxylation is 1. The van der Waals surface area contributed by atoms with E-state index in [0.717, 1.165) is 5.56 Å². The van der Waals surface area contributed by atoms with E-state index in [1.807, 2.05) is 6.92 Å². The van der Waals surface area contributed by atoms with Gasteiger partial charge in [-0.1, -0.05) is 24.3 Å². The minimum atomic E-state index is -4.92. The molecule has 0 saturated carbocycles. The Hall–Kier alpha value is -2.16. The van der Waals surface area contributed by atoms with Gasteiger partial charge in [0.25, 0.3) is 0 Å². The molecule has 1 aromatic carbocycles. The molecule has 0 fully saturated rings. The Morgan fingerprint density at radius 3 is 2.33 bits per heavy atom. The lowest BCUT2D eigenvalue weighted by Gasteiger charge is -2.19. The fraction of sp³-hybridized carbons (Fsp3) is 0.444. The zero-order valence-corrected chi connectivity index (χ0v) is 15.9. The van der Waals surface area contributed by atoms with E-state index in [0.29, 0.717) is 11.3 Å². The summed E-state index contributed by atoms with van der Waals surface area (Å²) in [5, 5.41) is 1.77. The van der Waals surface area contributed by atoms with Crippen LogP contribution < -0.4 is 5.32 Å². The molecular formula is C18H22F3NO4S. The number of esters is 1. The van der Waals surface area contributed by atoms with Crippen molar-refractivity contribution in [1.82, 2.24) is 5.32 Å². The van der Waals surface area contributed by atoms with Gasteiger partial charge in [0.2, 0.25) is 0 Å². The average Bonchev–Trinajstić information content (AvgIpc) is 2.58. The van der Waals surface area contributed by atoms with E-state index in [2.05, 4.69) is 6.58 Å². The van der Waals surface area contributed by atoms with Gasteiger partial charge in [-0.05, 0) is 38.3 Å². The number of benzene rings is 1. The van der Waals surface area contributed by atoms with Crippen LogP contribution in [-0.2, 0) is 25.1 Å². The van der Waals surface area contributed by atoms with Gasteiger partial charge in [-0.15, -0.1) is 0 Å². The zero-order valence-electron chi connectivity index (χ0n) is 15.1. The summed E-state index contributed by atoms with van der Waals surface area (Å²) in [6, 6.07) is 6.97. The average molecular weight is 405 g/mol. The standard InChI is InChI=1S/C18H22F3NO4S/c1-12-7-9-15(10-8-12)27(25)13(2)16(26-14(3)23)6-4-5-11-22-17(24)18(19,20)21/h7-10,16H,2,4-6,11H2,1,3H3,(H,22,24). The first-order valence-corrected chi connectivity index (χ1v) is 9.37. The van der Waals surface area contributed by atoms with Crippen molar-refractivity contribution in [1.29, 1.82) is 0 Å². The lowest BCUT2D eigenvalue weighted by molar-refractivity contribution is -0.173. The molecule has 1 N–H and O–H groups in total. The topological polar surface area (TPSA) is 72.5 Å². The Morgan fingerprint density at radius 2 is 1.81 bits per heavy atom. The van der Waals surface area contributed by atoms with Crippen molar-refractivity contribution in [3.63, 3.8) is 0 Å². The largest absolute Gasteiger partial charge is 0.471 e. The summed E-state index contributed by atoms with van der Waals surface area (Å²) in [5.74, 6) is -2.57. The molecule has 0 spiro atoms. The number of carbonyl (C=O) groups excluding carboxylic acids is 2. The highest BCUT2D eigenvalue weighted by molar-refractivity contribution is 7.89. The molecule has 0 aliphatic carbocycles. The monoisotopic (exact) mass is 405 g/mol. The van der Waals surface area contributed by atoms with Crippen molar-refractivity contribution < 1.29 is 31.7 Å². The third-order valence-electron chi connectivity index (χ3n) is 3.58. The smallest absolute Gasteiger partial charge is 0.457 e. The number of ether oxygens (including phenoxy) is 1. The molecule has 9 heteroatoms. The highest BCUT2D eigenvalue weighted by atomic mass is 32.2. The van der Waals surface area contributed by atoms with E-state index < -0.39 is 35.0 Å². The number of rotatable bonds is 9. The van der Waals surface area contributed by atoms with Gasteiger partial charge in [-0.25, -0.2) is 4.21 Å². The van der Waals surface area contributed by atoms with Gasteiger partial charge in [0.15, 0.2) is 0 Å². The van der Waals surface area contributed by atoms with Crippen LogP contribution in [0.1, 0.15) is 31.7 Å². The molecule has 1 aromatic rings. The first-order chi connectivity index (χ1) is 12.5. The van der Waals surface area contributed by atoms with Crippen LogP contribution >= 0.6 is 0 Å². The van der Waals surface area contributed by atoms with E-state index in [1.165, 1.54) is 6.92 Å². The molecule has 0 aliphatic heterocycles. The van der Waals surface area contributed by atoms with Crippen molar-refractivity contribution >= 4 is 22.7 Å². The second-order valence-electron chi connectivity index (χ2n) is 5.90. The minimum absolute atomic E-state index is 0.168. The van der Waals surface area contributed by atoms with Crippen molar-refractivity contribution in [3.8, 4) is 0 Å².